The van der Waals surface area contributed by atoms with E-state index in [4.69, 9.17) is 22.1 Å². The highest BCUT2D eigenvalue weighted by Gasteiger charge is 2.24. The minimum atomic E-state index is -0.224. The van der Waals surface area contributed by atoms with Crippen molar-refractivity contribution in [2.75, 3.05) is 39.3 Å². The molecular weight excluding hydrogens is 529 g/mol. The maximum Gasteiger partial charge on any atom is 0.409 e. The van der Waals surface area contributed by atoms with Gasteiger partial charge in [0.2, 0.25) is 0 Å². The molecule has 7 nitrogen and oxygen atoms in total. The number of nitrogens with two attached hydrogens (primary N) is 1. The molecule has 0 atom stereocenters. The molecule has 0 bridgehead atoms. The van der Waals surface area contributed by atoms with Gasteiger partial charge < -0.3 is 20.7 Å². The molecule has 0 aliphatic carbocycles. The van der Waals surface area contributed by atoms with Gasteiger partial charge in [0.05, 0.1) is 6.61 Å². The monoisotopic (exact) mass is 563 g/mol. The Morgan fingerprint density at radius 3 is 2.52 bits per heavy atom. The van der Waals surface area contributed by atoms with Gasteiger partial charge in [0.25, 0.3) is 0 Å². The largest absolute Gasteiger partial charge is 0.450 e. The standard InChI is InChI=1S/C22H34ClN5O2.HI/c1-2-30-22(29)28-13-9-19(10-14-28)26-21(24)25-15-17-7-11-27(12-8-17)16-18-5-3-4-6-20(18)23;/h3-6,17,19H,2,7-16H2,1H3,(H3,24,25,26);1H. The van der Waals surface area contributed by atoms with E-state index < -0.39 is 0 Å². The summed E-state index contributed by atoms with van der Waals surface area (Å²) in [5.41, 5.74) is 7.31. The van der Waals surface area contributed by atoms with Crippen molar-refractivity contribution >= 4 is 47.6 Å². The summed E-state index contributed by atoms with van der Waals surface area (Å²) in [4.78, 5) is 20.6. The number of halogens is 2. The van der Waals surface area contributed by atoms with Gasteiger partial charge in [-0.1, -0.05) is 29.8 Å². The number of carbonyl (C=O) groups is 1. The molecule has 0 radical (unpaired) electrons. The molecule has 1 amide bonds. The number of guanidine groups is 1. The summed E-state index contributed by atoms with van der Waals surface area (Å²) in [7, 11) is 0. The number of carbonyl (C=O) groups excluding carboxylic acids is 1. The first kappa shape index (κ1) is 26.0. The Hall–Kier alpha value is -1.26. The van der Waals surface area contributed by atoms with Crippen LogP contribution < -0.4 is 11.1 Å². The maximum atomic E-state index is 11.8. The Balaban J connectivity index is 0.00000341. The molecule has 3 N–H and O–H groups in total. The van der Waals surface area contributed by atoms with E-state index in [2.05, 4.69) is 21.3 Å². The maximum absolute atomic E-state index is 11.8. The number of piperidine rings is 2. The van der Waals surface area contributed by atoms with Crippen LogP contribution in [-0.2, 0) is 11.3 Å². The number of nitrogens with one attached hydrogen (secondary N) is 1. The summed E-state index contributed by atoms with van der Waals surface area (Å²) in [5.74, 6) is 1.08. The Labute approximate surface area is 207 Å². The molecule has 2 fully saturated rings. The van der Waals surface area contributed by atoms with Crippen LogP contribution in [0.1, 0.15) is 38.2 Å². The van der Waals surface area contributed by atoms with Gasteiger partial charge in [-0.3, -0.25) is 9.89 Å². The minimum Gasteiger partial charge on any atom is -0.450 e. The molecule has 2 saturated heterocycles. The second kappa shape index (κ2) is 13.3. The molecule has 0 saturated carbocycles. The van der Waals surface area contributed by atoms with Crippen molar-refractivity contribution in [1.29, 1.82) is 0 Å². The fourth-order valence-corrected chi connectivity index (χ4v) is 4.29. The second-order valence-corrected chi connectivity index (χ2v) is 8.55. The van der Waals surface area contributed by atoms with E-state index in [0.29, 0.717) is 31.6 Å². The zero-order chi connectivity index (χ0) is 21.3. The van der Waals surface area contributed by atoms with E-state index in [1.807, 2.05) is 25.1 Å². The minimum absolute atomic E-state index is 0. The number of benzene rings is 1. The topological polar surface area (TPSA) is 83.2 Å². The van der Waals surface area contributed by atoms with Crippen molar-refractivity contribution in [2.24, 2.45) is 16.6 Å². The molecule has 2 heterocycles. The quantitative estimate of drug-likeness (QED) is 0.313. The van der Waals surface area contributed by atoms with Crippen LogP contribution >= 0.6 is 35.6 Å². The van der Waals surface area contributed by atoms with Crippen molar-refractivity contribution < 1.29 is 9.53 Å². The summed E-state index contributed by atoms with van der Waals surface area (Å²) < 4.78 is 5.06. The number of hydrogen-bond donors (Lipinski definition) is 2. The van der Waals surface area contributed by atoms with Gasteiger partial charge in [-0.25, -0.2) is 4.79 Å². The highest BCUT2D eigenvalue weighted by Crippen LogP contribution is 2.22. The first-order valence-corrected chi connectivity index (χ1v) is 11.4. The Morgan fingerprint density at radius 1 is 1.19 bits per heavy atom. The average molecular weight is 564 g/mol. The SMILES string of the molecule is CCOC(=O)N1CCC(NC(N)=NCC2CCN(Cc3ccccc3Cl)CC2)CC1.I. The predicted octanol–water partition coefficient (Wildman–Crippen LogP) is 3.70. The number of likely N-dealkylation sites (tertiary alicyclic amines) is 2. The summed E-state index contributed by atoms with van der Waals surface area (Å²) in [6.07, 6.45) is 3.74. The van der Waals surface area contributed by atoms with E-state index in [1.165, 1.54) is 5.56 Å². The second-order valence-electron chi connectivity index (χ2n) is 8.14. The van der Waals surface area contributed by atoms with Crippen molar-refractivity contribution in [3.8, 4) is 0 Å². The highest BCUT2D eigenvalue weighted by atomic mass is 127. The van der Waals surface area contributed by atoms with Gasteiger partial charge >= 0.3 is 6.09 Å². The third kappa shape index (κ3) is 8.31. The number of amides is 1. The van der Waals surface area contributed by atoms with Crippen molar-refractivity contribution in [2.45, 2.75) is 45.2 Å². The molecule has 2 aliphatic heterocycles. The summed E-state index contributed by atoms with van der Waals surface area (Å²) >= 11 is 6.28. The molecule has 2 aliphatic rings. The Kier molecular flexibility index (Phi) is 11.2. The van der Waals surface area contributed by atoms with Gasteiger partial charge in [0, 0.05) is 37.2 Å². The van der Waals surface area contributed by atoms with E-state index in [1.54, 1.807) is 4.90 Å². The van der Waals surface area contributed by atoms with Crippen molar-refractivity contribution in [1.82, 2.24) is 15.1 Å². The lowest BCUT2D eigenvalue weighted by molar-refractivity contribution is 0.0963. The highest BCUT2D eigenvalue weighted by molar-refractivity contribution is 14.0. The van der Waals surface area contributed by atoms with Crippen LogP contribution in [0.3, 0.4) is 0 Å². The fraction of sp³-hybridized carbons (Fsp3) is 0.636. The van der Waals surface area contributed by atoms with Crippen LogP contribution in [0.15, 0.2) is 29.3 Å². The third-order valence-electron chi connectivity index (χ3n) is 5.95. The van der Waals surface area contributed by atoms with Crippen LogP contribution in [0.2, 0.25) is 5.02 Å². The predicted molar refractivity (Wildman–Crippen MR) is 136 cm³/mol. The van der Waals surface area contributed by atoms with Crippen LogP contribution in [0.5, 0.6) is 0 Å². The lowest BCUT2D eigenvalue weighted by atomic mass is 9.96. The zero-order valence-electron chi connectivity index (χ0n) is 18.3. The normalized spacial score (nSPS) is 19.0. The first-order valence-electron chi connectivity index (χ1n) is 11.0. The van der Waals surface area contributed by atoms with Gasteiger partial charge in [0.1, 0.15) is 0 Å². The molecule has 1 aromatic carbocycles. The van der Waals surface area contributed by atoms with Crippen molar-refractivity contribution in [3.05, 3.63) is 34.9 Å². The number of hydrogen-bond acceptors (Lipinski definition) is 4. The number of ether oxygens (including phenoxy) is 1. The van der Waals surface area contributed by atoms with Crippen LogP contribution in [0.4, 0.5) is 4.79 Å². The van der Waals surface area contributed by atoms with Gasteiger partial charge in [-0.15, -0.1) is 24.0 Å². The van der Waals surface area contributed by atoms with Crippen LogP contribution in [0.25, 0.3) is 0 Å². The van der Waals surface area contributed by atoms with E-state index in [0.717, 1.165) is 56.9 Å². The number of aliphatic imine (C=N–C) groups is 1. The van der Waals surface area contributed by atoms with E-state index >= 15 is 0 Å². The van der Waals surface area contributed by atoms with Crippen LogP contribution in [-0.4, -0.2) is 67.2 Å². The molecule has 9 heteroatoms. The van der Waals surface area contributed by atoms with Crippen molar-refractivity contribution in [3.63, 3.8) is 0 Å². The lowest BCUT2D eigenvalue weighted by Crippen LogP contribution is -2.48. The molecule has 0 aromatic heterocycles. The average Bonchev–Trinajstić information content (AvgIpc) is 2.75. The van der Waals surface area contributed by atoms with E-state index in [-0.39, 0.29) is 36.1 Å². The molecular formula is C22H35ClIN5O2. The Morgan fingerprint density at radius 2 is 1.87 bits per heavy atom. The Bertz CT molecular complexity index is 720. The third-order valence-corrected chi connectivity index (χ3v) is 6.32. The smallest absolute Gasteiger partial charge is 0.409 e. The van der Waals surface area contributed by atoms with E-state index in [9.17, 15) is 4.79 Å². The van der Waals surface area contributed by atoms with Gasteiger partial charge in [0.15, 0.2) is 5.96 Å². The summed E-state index contributed by atoms with van der Waals surface area (Å²) in [6, 6.07) is 8.32. The molecule has 3 rings (SSSR count). The number of rotatable bonds is 6. The van der Waals surface area contributed by atoms with Gasteiger partial charge in [-0.05, 0) is 63.2 Å². The molecule has 1 aromatic rings. The summed E-state index contributed by atoms with van der Waals surface area (Å²) in [5, 5.41) is 4.17. The molecule has 0 spiro atoms. The molecule has 174 valence electrons. The number of nitrogens with zero attached hydrogens (tertiary/aromatic N) is 3. The molecule has 31 heavy (non-hydrogen) atoms. The summed E-state index contributed by atoms with van der Waals surface area (Å²) in [6.45, 7) is 7.41. The first-order chi connectivity index (χ1) is 14.5. The zero-order valence-corrected chi connectivity index (χ0v) is 21.4. The molecule has 0 unspecified atom stereocenters. The van der Waals surface area contributed by atoms with Crippen LogP contribution in [0, 0.1) is 5.92 Å². The van der Waals surface area contributed by atoms with Gasteiger partial charge in [-0.2, -0.15) is 0 Å². The lowest BCUT2D eigenvalue weighted by Gasteiger charge is -2.32. The fourth-order valence-electron chi connectivity index (χ4n) is 4.10.